The summed E-state index contributed by atoms with van der Waals surface area (Å²) < 4.78 is 101. The van der Waals surface area contributed by atoms with Gasteiger partial charge in [0.05, 0.1) is 11.4 Å². The Hall–Kier alpha value is -6.38. The number of nitrogens with zero attached hydrogens (tertiary/aromatic N) is 3. The van der Waals surface area contributed by atoms with Crippen molar-refractivity contribution in [2.45, 2.75) is 18.5 Å². The molecule has 2 aromatic heterocycles. The lowest BCUT2D eigenvalue weighted by Gasteiger charge is -2.11. The summed E-state index contributed by atoms with van der Waals surface area (Å²) in [6.45, 7) is 1.50. The van der Waals surface area contributed by atoms with Gasteiger partial charge in [-0.2, -0.15) is 39.5 Å². The van der Waals surface area contributed by atoms with Gasteiger partial charge in [-0.15, -0.1) is 0 Å². The zero-order chi connectivity index (χ0) is 41.7. The van der Waals surface area contributed by atoms with Gasteiger partial charge < -0.3 is 35.0 Å². The van der Waals surface area contributed by atoms with E-state index in [0.29, 0.717) is 6.61 Å². The number of likely N-dealkylation sites (N-methyl/N-ethyl adjacent to an activating group) is 1. The molecule has 5 rings (SSSR count). The fraction of sp³-hybridized carbons (Fsp3) is 0.206. The lowest BCUT2D eigenvalue weighted by atomic mass is 10.0. The smallest absolute Gasteiger partial charge is 0.490 e. The molecule has 0 saturated heterocycles. The van der Waals surface area contributed by atoms with Gasteiger partial charge in [0.2, 0.25) is 0 Å². The summed E-state index contributed by atoms with van der Waals surface area (Å²) in [7, 11) is 4.05. The van der Waals surface area contributed by atoms with Gasteiger partial charge in [-0.3, -0.25) is 4.98 Å². The van der Waals surface area contributed by atoms with Crippen molar-refractivity contribution in [2.75, 3.05) is 27.2 Å². The predicted molar refractivity (Wildman–Crippen MR) is 177 cm³/mol. The highest BCUT2D eigenvalue weighted by Gasteiger charge is 2.39. The van der Waals surface area contributed by atoms with Crippen LogP contribution in [0.25, 0.3) is 44.7 Å². The van der Waals surface area contributed by atoms with Crippen LogP contribution in [0.5, 0.6) is 11.5 Å². The molecule has 296 valence electrons. The van der Waals surface area contributed by atoms with Crippen LogP contribution in [0.15, 0.2) is 85.2 Å². The number of phenols is 1. The van der Waals surface area contributed by atoms with E-state index in [-0.39, 0.29) is 5.75 Å². The molecule has 0 atom stereocenters. The Morgan fingerprint density at radius 1 is 0.709 bits per heavy atom. The van der Waals surface area contributed by atoms with Gasteiger partial charge in [0, 0.05) is 41.0 Å². The highest BCUT2D eigenvalue weighted by molar-refractivity contribution is 5.93. The molecule has 5 aromatic rings. The minimum atomic E-state index is -5.08. The van der Waals surface area contributed by atoms with Crippen molar-refractivity contribution in [1.82, 2.24) is 19.9 Å². The fourth-order valence-electron chi connectivity index (χ4n) is 3.92. The van der Waals surface area contributed by atoms with E-state index >= 15 is 0 Å². The van der Waals surface area contributed by atoms with Gasteiger partial charge in [0.15, 0.2) is 0 Å². The highest BCUT2D eigenvalue weighted by atomic mass is 19.4. The van der Waals surface area contributed by atoms with Crippen molar-refractivity contribution in [3.8, 4) is 45.4 Å². The number of halogens is 9. The largest absolute Gasteiger partial charge is 0.507 e. The van der Waals surface area contributed by atoms with Crippen molar-refractivity contribution in [3.63, 3.8) is 0 Å². The average Bonchev–Trinajstić information content (AvgIpc) is 3.54. The molecule has 0 amide bonds. The number of H-pyrrole nitrogens is 1. The minimum Gasteiger partial charge on any atom is -0.507 e. The number of aliphatic carboxylic acids is 3. The Morgan fingerprint density at radius 2 is 1.20 bits per heavy atom. The number of ether oxygens (including phenoxy) is 1. The van der Waals surface area contributed by atoms with E-state index in [1.54, 1.807) is 18.5 Å². The van der Waals surface area contributed by atoms with E-state index in [1.807, 2.05) is 74.8 Å². The van der Waals surface area contributed by atoms with E-state index in [9.17, 15) is 44.6 Å². The van der Waals surface area contributed by atoms with Gasteiger partial charge in [-0.05, 0) is 74.1 Å². The summed E-state index contributed by atoms with van der Waals surface area (Å²) in [5.41, 5.74) is 4.71. The second kappa shape index (κ2) is 19.1. The third kappa shape index (κ3) is 14.5. The fourth-order valence-corrected chi connectivity index (χ4v) is 3.92. The van der Waals surface area contributed by atoms with Crippen molar-refractivity contribution >= 4 is 28.7 Å². The van der Waals surface area contributed by atoms with Crippen LogP contribution < -0.4 is 4.74 Å². The van der Waals surface area contributed by atoms with Crippen LogP contribution >= 0.6 is 0 Å². The Bertz CT molecular complexity index is 1980. The summed E-state index contributed by atoms with van der Waals surface area (Å²) in [5, 5.41) is 33.3. The normalized spacial score (nSPS) is 11.3. The molecule has 0 bridgehead atoms. The second-order valence-corrected chi connectivity index (χ2v) is 10.8. The van der Waals surface area contributed by atoms with Gasteiger partial charge >= 0.3 is 36.4 Å². The number of nitrogens with one attached hydrogen (secondary N) is 1. The van der Waals surface area contributed by atoms with Crippen molar-refractivity contribution in [2.24, 2.45) is 0 Å². The Labute approximate surface area is 304 Å². The summed E-state index contributed by atoms with van der Waals surface area (Å²) in [6.07, 6.45) is -11.7. The molecule has 12 nitrogen and oxygen atoms in total. The molecule has 0 saturated carbocycles. The van der Waals surface area contributed by atoms with Gasteiger partial charge in [-0.1, -0.05) is 18.2 Å². The van der Waals surface area contributed by atoms with Crippen molar-refractivity contribution in [3.05, 3.63) is 85.2 Å². The molecule has 2 heterocycles. The maximum Gasteiger partial charge on any atom is 0.490 e. The number of carboxylic acids is 3. The van der Waals surface area contributed by atoms with E-state index < -0.39 is 36.4 Å². The highest BCUT2D eigenvalue weighted by Crippen LogP contribution is 2.36. The summed E-state index contributed by atoms with van der Waals surface area (Å²) in [4.78, 5) is 41.4. The number of imidazole rings is 1. The van der Waals surface area contributed by atoms with Crippen molar-refractivity contribution < 1.29 is 79.1 Å². The maximum atomic E-state index is 10.6. The number of carboxylic acid groups (broad SMARTS) is 3. The third-order valence-electron chi connectivity index (χ3n) is 6.47. The number of pyridine rings is 1. The van der Waals surface area contributed by atoms with Crippen LogP contribution in [0.3, 0.4) is 0 Å². The Morgan fingerprint density at radius 3 is 1.67 bits per heavy atom. The minimum absolute atomic E-state index is 0.272. The topological polar surface area (TPSA) is 186 Å². The first kappa shape index (κ1) is 44.8. The lowest BCUT2D eigenvalue weighted by Crippen LogP contribution is -2.21. The molecule has 0 radical (unpaired) electrons. The number of phenolic OH excluding ortho intramolecular Hbond substituents is 1. The van der Waals surface area contributed by atoms with E-state index in [4.69, 9.17) is 39.4 Å². The zero-order valence-corrected chi connectivity index (χ0v) is 28.2. The first-order chi connectivity index (χ1) is 25.4. The third-order valence-corrected chi connectivity index (χ3v) is 6.47. The number of hydrogen-bond donors (Lipinski definition) is 5. The van der Waals surface area contributed by atoms with E-state index in [1.165, 1.54) is 0 Å². The number of alkyl halides is 9. The number of aromatic amines is 1. The molecule has 55 heavy (non-hydrogen) atoms. The molecule has 0 aliphatic carbocycles. The molecule has 0 unspecified atom stereocenters. The summed E-state index contributed by atoms with van der Waals surface area (Å²) in [5.74, 6) is -6.39. The van der Waals surface area contributed by atoms with Gasteiger partial charge in [0.1, 0.15) is 23.9 Å². The Kier molecular flexibility index (Phi) is 15.5. The molecule has 0 aliphatic rings. The molecular weight excluding hydrogens is 763 g/mol. The van der Waals surface area contributed by atoms with E-state index in [2.05, 4.69) is 20.9 Å². The molecule has 3 aromatic carbocycles. The van der Waals surface area contributed by atoms with Crippen LogP contribution in [-0.4, -0.2) is 104 Å². The monoisotopic (exact) mass is 792 g/mol. The number of rotatable bonds is 7. The van der Waals surface area contributed by atoms with Crippen molar-refractivity contribution in [1.29, 1.82) is 0 Å². The summed E-state index contributed by atoms with van der Waals surface area (Å²) >= 11 is 0. The molecule has 0 spiro atoms. The van der Waals surface area contributed by atoms with Crippen LogP contribution in [0.1, 0.15) is 0 Å². The van der Waals surface area contributed by atoms with Gasteiger partial charge in [0.25, 0.3) is 0 Å². The number of aromatic hydroxyl groups is 1. The van der Waals surface area contributed by atoms with Gasteiger partial charge in [-0.25, -0.2) is 19.4 Å². The maximum absolute atomic E-state index is 10.6. The first-order valence-electron chi connectivity index (χ1n) is 14.9. The Balaban J connectivity index is 0.000000408. The number of fused-ring (bicyclic) bond motifs is 1. The number of aromatic nitrogens is 3. The predicted octanol–water partition coefficient (Wildman–Crippen LogP) is 7.50. The quantitative estimate of drug-likeness (QED) is 0.103. The molecule has 21 heteroatoms. The SMILES string of the molecule is CN(C)CCOc1ccc(-c2nc(-c3ccc4c(O)cccc4c3)c(-c3ccncc3)[nH]2)cc1.O=C(O)C(F)(F)F.O=C(O)C(F)(F)F.O=C(O)C(F)(F)F. The standard InChI is InChI=1S/C28H26N4O2.3C2HF3O2/c1-32(2)16-17-34-23-9-6-20(7-10-23)28-30-26(19-12-14-29-15-13-19)27(31-28)22-8-11-24-21(18-22)4-3-5-25(24)33;3*3-2(4,5)1(6)7/h3-15,18,33H,16-17H2,1-2H3,(H,30,31);3*(H,6,7). The summed E-state index contributed by atoms with van der Waals surface area (Å²) in [6, 6.07) is 23.4. The molecule has 0 fully saturated rings. The van der Waals surface area contributed by atoms with E-state index in [0.717, 1.165) is 57.0 Å². The second-order valence-electron chi connectivity index (χ2n) is 10.8. The number of benzene rings is 3. The molecule has 0 aliphatic heterocycles. The molecular formula is C34H29F9N4O8. The lowest BCUT2D eigenvalue weighted by molar-refractivity contribution is -0.193. The van der Waals surface area contributed by atoms with Crippen LogP contribution in [0, 0.1) is 0 Å². The first-order valence-corrected chi connectivity index (χ1v) is 14.9. The molecule has 5 N–H and O–H groups in total. The van der Waals surface area contributed by atoms with Crippen LogP contribution in [0.2, 0.25) is 0 Å². The number of carbonyl (C=O) groups is 3. The number of hydrogen-bond acceptors (Lipinski definition) is 8. The van der Waals surface area contributed by atoms with Crippen LogP contribution in [-0.2, 0) is 14.4 Å². The van der Waals surface area contributed by atoms with Crippen LogP contribution in [0.4, 0.5) is 39.5 Å². The average molecular weight is 793 g/mol. The zero-order valence-electron chi connectivity index (χ0n) is 28.2.